The zero-order chi connectivity index (χ0) is 26.6. The van der Waals surface area contributed by atoms with Crippen molar-refractivity contribution in [3.05, 3.63) is 35.7 Å². The van der Waals surface area contributed by atoms with Gasteiger partial charge in [0.1, 0.15) is 18.1 Å². The standard InChI is InChI=1S/C28H34ClN7OSi/c1-34-15-23-24(33-34)8-7-21(26(23)29)22-16-35(17-37-9-10-38(2,3)4)28-27(22)31-14-25(32-28)36-19-5-6-20(36)12-18(11-19)13-30/h7-8,14-16,18-20H,5-6,9-12,17H2,1-4H3/t18?,19-,20+. The molecule has 2 aliphatic heterocycles. The van der Waals surface area contributed by atoms with Gasteiger partial charge >= 0.3 is 0 Å². The molecule has 4 aromatic rings. The van der Waals surface area contributed by atoms with Crippen molar-refractivity contribution in [3.63, 3.8) is 0 Å². The molecule has 1 unspecified atom stereocenters. The molecule has 3 atom stereocenters. The molecular weight excluding hydrogens is 514 g/mol. The van der Waals surface area contributed by atoms with Gasteiger partial charge in [-0.05, 0) is 37.8 Å². The van der Waals surface area contributed by atoms with Gasteiger partial charge in [-0.1, -0.05) is 37.3 Å². The maximum absolute atomic E-state index is 9.52. The van der Waals surface area contributed by atoms with Crippen LogP contribution in [-0.4, -0.2) is 51.1 Å². The van der Waals surface area contributed by atoms with Crippen LogP contribution in [0.1, 0.15) is 25.7 Å². The highest BCUT2D eigenvalue weighted by atomic mass is 35.5. The smallest absolute Gasteiger partial charge is 0.163 e. The second-order valence-corrected chi connectivity index (χ2v) is 18.0. The van der Waals surface area contributed by atoms with Gasteiger partial charge in [-0.3, -0.25) is 4.68 Å². The lowest BCUT2D eigenvalue weighted by Crippen LogP contribution is -2.43. The minimum absolute atomic E-state index is 0.139. The van der Waals surface area contributed by atoms with Crippen molar-refractivity contribution in [1.82, 2.24) is 24.3 Å². The molecule has 2 bridgehead atoms. The summed E-state index contributed by atoms with van der Waals surface area (Å²) >= 11 is 6.93. The molecule has 2 fully saturated rings. The highest BCUT2D eigenvalue weighted by molar-refractivity contribution is 6.76. The third-order valence-electron chi connectivity index (χ3n) is 7.99. The molecule has 1 aromatic carbocycles. The highest BCUT2D eigenvalue weighted by Crippen LogP contribution is 2.42. The number of benzene rings is 1. The summed E-state index contributed by atoms with van der Waals surface area (Å²) in [5.41, 5.74) is 4.33. The summed E-state index contributed by atoms with van der Waals surface area (Å²) < 4.78 is 10.0. The van der Waals surface area contributed by atoms with Crippen LogP contribution in [-0.2, 0) is 18.5 Å². The van der Waals surface area contributed by atoms with Gasteiger partial charge in [0.15, 0.2) is 5.65 Å². The summed E-state index contributed by atoms with van der Waals surface area (Å²) in [7, 11) is 0.708. The predicted octanol–water partition coefficient (Wildman–Crippen LogP) is 6.22. The van der Waals surface area contributed by atoms with E-state index in [1.807, 2.05) is 31.6 Å². The van der Waals surface area contributed by atoms with Crippen LogP contribution in [0.15, 0.2) is 30.7 Å². The second kappa shape index (κ2) is 9.67. The lowest BCUT2D eigenvalue weighted by molar-refractivity contribution is 0.0899. The second-order valence-electron chi connectivity index (χ2n) is 12.0. The Morgan fingerprint density at radius 2 is 1.89 bits per heavy atom. The molecule has 3 aromatic heterocycles. The lowest BCUT2D eigenvalue weighted by atomic mass is 9.92. The Labute approximate surface area is 229 Å². The number of aromatic nitrogens is 5. The number of piperidine rings is 1. The summed E-state index contributed by atoms with van der Waals surface area (Å²) in [4.78, 5) is 12.6. The maximum atomic E-state index is 9.52. The number of rotatable bonds is 7. The van der Waals surface area contributed by atoms with E-state index in [2.05, 4.69) is 46.5 Å². The molecule has 0 amide bonds. The van der Waals surface area contributed by atoms with E-state index in [0.717, 1.165) is 77.3 Å². The van der Waals surface area contributed by atoms with Crippen LogP contribution in [0.3, 0.4) is 0 Å². The SMILES string of the molecule is Cn1cc2c(Cl)c(-c3cn(COCC[Si](C)(C)C)c4nc(N5[C@@H]6CC[C@H]5CC(C#N)C6)cnc34)ccc2n1. The molecule has 0 aliphatic carbocycles. The fraction of sp³-hybridized carbons (Fsp3) is 0.500. The minimum atomic E-state index is -1.19. The summed E-state index contributed by atoms with van der Waals surface area (Å²) in [6, 6.07) is 8.33. The number of fused-ring (bicyclic) bond motifs is 4. The quantitative estimate of drug-likeness (QED) is 0.202. The fourth-order valence-corrected chi connectivity index (χ4v) is 7.11. The number of ether oxygens (including phenoxy) is 1. The van der Waals surface area contributed by atoms with Gasteiger partial charge < -0.3 is 14.2 Å². The van der Waals surface area contributed by atoms with Crippen LogP contribution in [0.25, 0.3) is 33.2 Å². The minimum Gasteiger partial charge on any atom is -0.361 e. The number of aryl methyl sites for hydroxylation is 1. The summed E-state index contributed by atoms with van der Waals surface area (Å²) in [5, 5.41) is 15.6. The molecule has 0 spiro atoms. The Kier molecular flexibility index (Phi) is 6.45. The fourth-order valence-electron chi connectivity index (χ4n) is 6.04. The number of anilines is 1. The molecule has 0 N–H and O–H groups in total. The predicted molar refractivity (Wildman–Crippen MR) is 154 cm³/mol. The Bertz CT molecular complexity index is 1530. The van der Waals surface area contributed by atoms with Crippen molar-refractivity contribution in [2.45, 2.75) is 70.2 Å². The number of nitrogens with zero attached hydrogens (tertiary/aromatic N) is 7. The maximum Gasteiger partial charge on any atom is 0.163 e. The number of halogens is 1. The van der Waals surface area contributed by atoms with Gasteiger partial charge in [-0.2, -0.15) is 10.4 Å². The van der Waals surface area contributed by atoms with Crippen molar-refractivity contribution < 1.29 is 4.74 Å². The Hall–Kier alpha value is -2.93. The van der Waals surface area contributed by atoms with Crippen molar-refractivity contribution >= 4 is 47.6 Å². The van der Waals surface area contributed by atoms with Crippen molar-refractivity contribution in [2.75, 3.05) is 11.5 Å². The van der Waals surface area contributed by atoms with E-state index in [4.69, 9.17) is 26.3 Å². The van der Waals surface area contributed by atoms with Gasteiger partial charge in [0.2, 0.25) is 0 Å². The van der Waals surface area contributed by atoms with Crippen LogP contribution in [0.4, 0.5) is 5.82 Å². The van der Waals surface area contributed by atoms with Gasteiger partial charge in [-0.25, -0.2) is 9.97 Å². The summed E-state index contributed by atoms with van der Waals surface area (Å²) in [6.45, 7) is 8.22. The largest absolute Gasteiger partial charge is 0.361 e. The molecule has 6 rings (SSSR count). The lowest BCUT2D eigenvalue weighted by Gasteiger charge is -2.37. The van der Waals surface area contributed by atoms with E-state index in [1.54, 1.807) is 4.68 Å². The molecule has 2 aliphatic rings. The molecule has 10 heteroatoms. The van der Waals surface area contributed by atoms with Gasteiger partial charge in [0, 0.05) is 62.7 Å². The van der Waals surface area contributed by atoms with E-state index in [9.17, 15) is 5.26 Å². The number of hydrogen-bond acceptors (Lipinski definition) is 6. The summed E-state index contributed by atoms with van der Waals surface area (Å²) in [5.74, 6) is 1.03. The summed E-state index contributed by atoms with van der Waals surface area (Å²) in [6.07, 6.45) is 9.94. The topological polar surface area (TPSA) is 84.8 Å². The molecular formula is C28H34ClN7OSi. The number of nitriles is 1. The molecule has 8 nitrogen and oxygen atoms in total. The Morgan fingerprint density at radius 1 is 1.13 bits per heavy atom. The van der Waals surface area contributed by atoms with E-state index in [1.165, 1.54) is 0 Å². The normalized spacial score (nSPS) is 21.5. The van der Waals surface area contributed by atoms with E-state index < -0.39 is 8.07 Å². The van der Waals surface area contributed by atoms with Crippen molar-refractivity contribution in [2.24, 2.45) is 13.0 Å². The molecule has 0 radical (unpaired) electrons. The first-order valence-electron chi connectivity index (χ1n) is 13.5. The average molecular weight is 548 g/mol. The molecule has 0 saturated carbocycles. The third-order valence-corrected chi connectivity index (χ3v) is 10.1. The van der Waals surface area contributed by atoms with E-state index in [-0.39, 0.29) is 5.92 Å². The van der Waals surface area contributed by atoms with Gasteiger partial charge in [0.25, 0.3) is 0 Å². The first-order chi connectivity index (χ1) is 18.2. The molecule has 5 heterocycles. The van der Waals surface area contributed by atoms with E-state index in [0.29, 0.717) is 23.8 Å². The van der Waals surface area contributed by atoms with Crippen LogP contribution in [0, 0.1) is 17.2 Å². The first kappa shape index (κ1) is 25.4. The van der Waals surface area contributed by atoms with Crippen molar-refractivity contribution in [3.8, 4) is 17.2 Å². The number of hydrogen-bond donors (Lipinski definition) is 0. The highest BCUT2D eigenvalue weighted by Gasteiger charge is 2.41. The Balaban J connectivity index is 1.40. The molecule has 38 heavy (non-hydrogen) atoms. The molecule has 2 saturated heterocycles. The first-order valence-corrected chi connectivity index (χ1v) is 17.5. The van der Waals surface area contributed by atoms with Crippen LogP contribution >= 0.6 is 11.6 Å². The average Bonchev–Trinajstić information content (AvgIpc) is 3.52. The molecule has 198 valence electrons. The zero-order valence-electron chi connectivity index (χ0n) is 22.5. The van der Waals surface area contributed by atoms with Crippen LogP contribution in [0.2, 0.25) is 30.7 Å². The third kappa shape index (κ3) is 4.59. The van der Waals surface area contributed by atoms with Crippen LogP contribution < -0.4 is 4.90 Å². The van der Waals surface area contributed by atoms with Crippen molar-refractivity contribution in [1.29, 1.82) is 5.26 Å². The zero-order valence-corrected chi connectivity index (χ0v) is 24.2. The monoisotopic (exact) mass is 547 g/mol. The van der Waals surface area contributed by atoms with Gasteiger partial charge in [-0.15, -0.1) is 0 Å². The van der Waals surface area contributed by atoms with E-state index >= 15 is 0 Å². The van der Waals surface area contributed by atoms with Crippen LogP contribution in [0.5, 0.6) is 0 Å². The van der Waals surface area contributed by atoms with Gasteiger partial charge in [0.05, 0.1) is 28.7 Å². The Morgan fingerprint density at radius 3 is 2.61 bits per heavy atom.